The molecule has 0 aliphatic carbocycles. The summed E-state index contributed by atoms with van der Waals surface area (Å²) in [5.74, 6) is 0.478. The number of benzene rings is 1. The van der Waals surface area contributed by atoms with Gasteiger partial charge in [-0.25, -0.2) is 0 Å². The summed E-state index contributed by atoms with van der Waals surface area (Å²) in [6.07, 6.45) is 2.25. The molecule has 2 aromatic rings. The zero-order chi connectivity index (χ0) is 14.7. The number of aliphatic hydroxyl groups is 1. The summed E-state index contributed by atoms with van der Waals surface area (Å²) < 4.78 is 6.18. The second kappa shape index (κ2) is 5.98. The molecule has 0 radical (unpaired) electrons. The lowest BCUT2D eigenvalue weighted by molar-refractivity contribution is -0.385. The van der Waals surface area contributed by atoms with E-state index in [2.05, 4.69) is 20.9 Å². The molecule has 7 heteroatoms. The maximum Gasteiger partial charge on any atom is 0.311 e. The predicted molar refractivity (Wildman–Crippen MR) is 75.7 cm³/mol. The largest absolute Gasteiger partial charge is 0.448 e. The lowest BCUT2D eigenvalue weighted by Gasteiger charge is -2.09. The van der Waals surface area contributed by atoms with Crippen LogP contribution >= 0.6 is 15.9 Å². The van der Waals surface area contributed by atoms with Crippen LogP contribution in [0.5, 0.6) is 11.5 Å². The summed E-state index contributed by atoms with van der Waals surface area (Å²) in [7, 11) is 0. The molecule has 1 aromatic carbocycles. The first-order chi connectivity index (χ1) is 9.47. The number of hydrogen-bond donors (Lipinski definition) is 1. The molecule has 0 unspecified atom stereocenters. The molecule has 0 spiro atoms. The first-order valence-corrected chi connectivity index (χ1v) is 6.51. The molecule has 0 amide bonds. The van der Waals surface area contributed by atoms with Crippen LogP contribution in [0.4, 0.5) is 5.69 Å². The lowest BCUT2D eigenvalue weighted by Crippen LogP contribution is -1.97. The zero-order valence-corrected chi connectivity index (χ0v) is 12.1. The van der Waals surface area contributed by atoms with E-state index >= 15 is 0 Å². The number of hydrogen-bond acceptors (Lipinski definition) is 5. The van der Waals surface area contributed by atoms with Crippen molar-refractivity contribution in [1.29, 1.82) is 0 Å². The van der Waals surface area contributed by atoms with Crippen LogP contribution in [-0.4, -0.2) is 15.0 Å². The number of nitrogens with zero attached hydrogens (tertiary/aromatic N) is 2. The third kappa shape index (κ3) is 3.31. The molecule has 6 nitrogen and oxygen atoms in total. The molecule has 104 valence electrons. The molecular weight excluding hydrogens is 328 g/mol. The summed E-state index contributed by atoms with van der Waals surface area (Å²) in [5.41, 5.74) is 0.250. The fourth-order valence-electron chi connectivity index (χ4n) is 1.60. The summed E-state index contributed by atoms with van der Waals surface area (Å²) >= 11 is 3.24. The Bertz CT molecular complexity index is 646. The molecular formula is C13H11BrN2O4. The second-order valence-corrected chi connectivity index (χ2v) is 5.02. The van der Waals surface area contributed by atoms with Crippen molar-refractivity contribution in [2.75, 3.05) is 0 Å². The van der Waals surface area contributed by atoms with E-state index in [1.807, 2.05) is 0 Å². The van der Waals surface area contributed by atoms with Crippen molar-refractivity contribution in [2.24, 2.45) is 0 Å². The molecule has 1 aromatic heterocycles. The molecule has 20 heavy (non-hydrogen) atoms. The third-order valence-electron chi connectivity index (χ3n) is 2.57. The number of halogens is 1. The van der Waals surface area contributed by atoms with E-state index in [0.29, 0.717) is 15.8 Å². The molecule has 0 fully saturated rings. The monoisotopic (exact) mass is 338 g/mol. The summed E-state index contributed by atoms with van der Waals surface area (Å²) in [5, 5.41) is 20.5. The van der Waals surface area contributed by atoms with Crippen LogP contribution in [0.3, 0.4) is 0 Å². The molecule has 2 rings (SSSR count). The van der Waals surface area contributed by atoms with Crippen molar-refractivity contribution >= 4 is 21.6 Å². The molecule has 0 aliphatic rings. The topological polar surface area (TPSA) is 85.5 Å². The molecule has 1 heterocycles. The molecule has 1 atom stereocenters. The van der Waals surface area contributed by atoms with Gasteiger partial charge in [-0.05, 0) is 40.5 Å². The molecule has 0 saturated carbocycles. The number of nitro benzene ring substituents is 1. The van der Waals surface area contributed by atoms with Gasteiger partial charge >= 0.3 is 5.69 Å². The minimum atomic E-state index is -0.782. The quantitative estimate of drug-likeness (QED) is 0.679. The van der Waals surface area contributed by atoms with Crippen LogP contribution in [0.25, 0.3) is 0 Å². The highest BCUT2D eigenvalue weighted by atomic mass is 79.9. The van der Waals surface area contributed by atoms with Crippen LogP contribution in [0.1, 0.15) is 18.6 Å². The highest BCUT2D eigenvalue weighted by molar-refractivity contribution is 9.10. The summed E-state index contributed by atoms with van der Waals surface area (Å²) in [6.45, 7) is 1.54. The normalized spacial score (nSPS) is 11.9. The SMILES string of the molecule is C[C@H](O)c1ccc(Oc2cncc(Br)c2)c([N+](=O)[O-])c1. The third-order valence-corrected chi connectivity index (χ3v) is 3.00. The van der Waals surface area contributed by atoms with Gasteiger partial charge in [0.15, 0.2) is 0 Å². The zero-order valence-electron chi connectivity index (χ0n) is 10.5. The number of aromatic nitrogens is 1. The van der Waals surface area contributed by atoms with Crippen molar-refractivity contribution in [1.82, 2.24) is 4.98 Å². The van der Waals surface area contributed by atoms with Gasteiger partial charge in [-0.15, -0.1) is 0 Å². The number of rotatable bonds is 4. The van der Waals surface area contributed by atoms with E-state index in [1.165, 1.54) is 25.3 Å². The van der Waals surface area contributed by atoms with E-state index < -0.39 is 11.0 Å². The summed E-state index contributed by atoms with van der Waals surface area (Å²) in [6, 6.07) is 5.99. The highest BCUT2D eigenvalue weighted by Crippen LogP contribution is 2.33. The first kappa shape index (κ1) is 14.4. The van der Waals surface area contributed by atoms with E-state index in [9.17, 15) is 15.2 Å². The lowest BCUT2D eigenvalue weighted by atomic mass is 10.1. The van der Waals surface area contributed by atoms with Gasteiger partial charge in [-0.3, -0.25) is 15.1 Å². The minimum absolute atomic E-state index is 0.0966. The van der Waals surface area contributed by atoms with Crippen molar-refractivity contribution in [3.8, 4) is 11.5 Å². The van der Waals surface area contributed by atoms with Crippen LogP contribution < -0.4 is 4.74 Å². The van der Waals surface area contributed by atoms with Crippen LogP contribution in [0, 0.1) is 10.1 Å². The number of aliphatic hydroxyl groups excluding tert-OH is 1. The highest BCUT2D eigenvalue weighted by Gasteiger charge is 2.18. The summed E-state index contributed by atoms with van der Waals surface area (Å²) in [4.78, 5) is 14.4. The van der Waals surface area contributed by atoms with Crippen LogP contribution in [0.2, 0.25) is 0 Å². The van der Waals surface area contributed by atoms with E-state index in [4.69, 9.17) is 4.74 Å². The van der Waals surface area contributed by atoms with Crippen molar-refractivity contribution < 1.29 is 14.8 Å². The number of ether oxygens (including phenoxy) is 1. The van der Waals surface area contributed by atoms with Crippen LogP contribution in [-0.2, 0) is 0 Å². The van der Waals surface area contributed by atoms with Gasteiger partial charge in [-0.1, -0.05) is 6.07 Å². The number of nitro groups is 1. The Labute approximate surface area is 123 Å². The number of pyridine rings is 1. The minimum Gasteiger partial charge on any atom is -0.448 e. The van der Waals surface area contributed by atoms with Gasteiger partial charge in [0.05, 0.1) is 17.2 Å². The first-order valence-electron chi connectivity index (χ1n) is 5.72. The van der Waals surface area contributed by atoms with Gasteiger partial charge in [0, 0.05) is 16.7 Å². The van der Waals surface area contributed by atoms with Gasteiger partial charge < -0.3 is 9.84 Å². The van der Waals surface area contributed by atoms with Gasteiger partial charge in [0.1, 0.15) is 5.75 Å². The molecule has 0 aliphatic heterocycles. The Morgan fingerprint density at radius 1 is 1.40 bits per heavy atom. The fourth-order valence-corrected chi connectivity index (χ4v) is 1.94. The second-order valence-electron chi connectivity index (χ2n) is 4.10. The Hall–Kier alpha value is -1.99. The Kier molecular flexibility index (Phi) is 4.31. The average molecular weight is 339 g/mol. The Morgan fingerprint density at radius 2 is 2.15 bits per heavy atom. The van der Waals surface area contributed by atoms with E-state index in [0.717, 1.165) is 0 Å². The van der Waals surface area contributed by atoms with Gasteiger partial charge in [0.2, 0.25) is 5.75 Å². The molecule has 0 saturated heterocycles. The Balaban J connectivity index is 2.38. The average Bonchev–Trinajstić information content (AvgIpc) is 2.38. The smallest absolute Gasteiger partial charge is 0.311 e. The van der Waals surface area contributed by atoms with Crippen LogP contribution in [0.15, 0.2) is 41.1 Å². The van der Waals surface area contributed by atoms with Gasteiger partial charge in [0.25, 0.3) is 0 Å². The van der Waals surface area contributed by atoms with Crippen molar-refractivity contribution in [3.63, 3.8) is 0 Å². The standard InChI is InChI=1S/C13H11BrN2O4/c1-8(17)9-2-3-13(12(4-9)16(18)19)20-11-5-10(14)6-15-7-11/h2-8,17H,1H3/t8-/m0/s1. The van der Waals surface area contributed by atoms with Crippen molar-refractivity contribution in [2.45, 2.75) is 13.0 Å². The van der Waals surface area contributed by atoms with E-state index in [1.54, 1.807) is 18.3 Å². The van der Waals surface area contributed by atoms with E-state index in [-0.39, 0.29) is 11.4 Å². The molecule has 0 bridgehead atoms. The fraction of sp³-hybridized carbons (Fsp3) is 0.154. The Morgan fingerprint density at radius 3 is 2.75 bits per heavy atom. The molecule has 1 N–H and O–H groups in total. The van der Waals surface area contributed by atoms with Gasteiger partial charge in [-0.2, -0.15) is 0 Å². The maximum atomic E-state index is 11.1. The maximum absolute atomic E-state index is 11.1. The predicted octanol–water partition coefficient (Wildman–Crippen LogP) is 3.60. The van der Waals surface area contributed by atoms with Crippen molar-refractivity contribution in [3.05, 3.63) is 56.8 Å².